The van der Waals surface area contributed by atoms with Gasteiger partial charge in [0.25, 0.3) is 0 Å². The zero-order chi connectivity index (χ0) is 9.69. The molecule has 0 atom stereocenters. The summed E-state index contributed by atoms with van der Waals surface area (Å²) in [7, 11) is 0. The van der Waals surface area contributed by atoms with Gasteiger partial charge in [0.15, 0.2) is 0 Å². The van der Waals surface area contributed by atoms with E-state index in [0.717, 1.165) is 0 Å². The zero-order valence-corrected chi connectivity index (χ0v) is 14.3. The van der Waals surface area contributed by atoms with E-state index in [-0.39, 0.29) is 7.43 Å². The van der Waals surface area contributed by atoms with Crippen molar-refractivity contribution >= 4 is 0 Å². The Morgan fingerprint density at radius 3 is 1.36 bits per heavy atom. The molecule has 14 heavy (non-hydrogen) atoms. The van der Waals surface area contributed by atoms with Crippen LogP contribution < -0.4 is 0 Å². The molecule has 0 aromatic carbocycles. The van der Waals surface area contributed by atoms with Gasteiger partial charge in [0.1, 0.15) is 0 Å². The van der Waals surface area contributed by atoms with Crippen LogP contribution in [-0.4, -0.2) is 0 Å². The molecule has 0 spiro atoms. The van der Waals surface area contributed by atoms with Gasteiger partial charge in [-0.15, -0.1) is 0 Å². The Morgan fingerprint density at radius 2 is 1.07 bits per heavy atom. The van der Waals surface area contributed by atoms with Crippen LogP contribution in [-0.2, 0) is 94.2 Å². The molecule has 0 radical (unpaired) electrons. The van der Waals surface area contributed by atoms with Gasteiger partial charge >= 0.3 is 94.2 Å². The predicted molar refractivity (Wildman–Crippen MR) is 14.6 cm³/mol. The summed E-state index contributed by atoms with van der Waals surface area (Å²) in [6.07, 6.45) is 0. The molecular weight excluding hydrogens is 540 g/mol. The van der Waals surface area contributed by atoms with Gasteiger partial charge in [-0.2, -0.15) is 0 Å². The summed E-state index contributed by atoms with van der Waals surface area (Å²) in [6, 6.07) is 0. The molecule has 2 aliphatic rings. The van der Waals surface area contributed by atoms with Crippen molar-refractivity contribution < 1.29 is 94.2 Å². The number of rotatable bonds is 0. The van der Waals surface area contributed by atoms with E-state index in [1.54, 1.807) is 0 Å². The molecule has 0 saturated carbocycles. The van der Waals surface area contributed by atoms with Crippen molar-refractivity contribution in [2.45, 2.75) is 0 Å². The molecule has 13 heteroatoms. The third-order valence-corrected chi connectivity index (χ3v) is 25.3. The maximum absolute atomic E-state index is 11.3. The Hall–Kier alpha value is 1.75. The molecule has 0 aliphatic carbocycles. The summed E-state index contributed by atoms with van der Waals surface area (Å²) < 4.78 is 65.5. The topological polar surface area (TPSA) is 114 Å². The van der Waals surface area contributed by atoms with Crippen molar-refractivity contribution in [2.75, 3.05) is 0 Å². The summed E-state index contributed by atoms with van der Waals surface area (Å²) >= 11 is -17.7. The zero-order valence-electron chi connectivity index (χ0n) is 6.31. The van der Waals surface area contributed by atoms with Crippen molar-refractivity contribution in [3.05, 3.63) is 7.43 Å². The van der Waals surface area contributed by atoms with E-state index in [9.17, 15) is 13.6 Å². The minimum atomic E-state index is -5.03. The standard InChI is InChI=1S/CH3.4Mo.9O/h1H3;;;;;;;;;;;;;/q-1;;;;;;;;;;;;;. The number of hydrogen-bond acceptors (Lipinski definition) is 9. The van der Waals surface area contributed by atoms with Crippen LogP contribution in [0.5, 0.6) is 0 Å². The van der Waals surface area contributed by atoms with Gasteiger partial charge in [-0.1, -0.05) is 0 Å². The minimum absolute atomic E-state index is 0. The molecule has 2 rings (SSSR count). The van der Waals surface area contributed by atoms with Gasteiger partial charge in [0, 0.05) is 0 Å². The van der Waals surface area contributed by atoms with E-state index in [1.165, 1.54) is 0 Å². The molecule has 0 aromatic rings. The van der Waals surface area contributed by atoms with Crippen LogP contribution in [0.4, 0.5) is 0 Å². The first-order chi connectivity index (χ1) is 5.91. The van der Waals surface area contributed by atoms with Crippen molar-refractivity contribution in [2.24, 2.45) is 0 Å². The van der Waals surface area contributed by atoms with Crippen LogP contribution in [0.1, 0.15) is 0 Å². The van der Waals surface area contributed by atoms with Crippen molar-refractivity contribution in [3.63, 3.8) is 0 Å². The van der Waals surface area contributed by atoms with Crippen LogP contribution in [0.25, 0.3) is 0 Å². The van der Waals surface area contributed by atoms with E-state index in [1.807, 2.05) is 0 Å². The Kier molecular flexibility index (Phi) is 4.49. The third-order valence-electron chi connectivity index (χ3n) is 0.722. The molecule has 2 bridgehead atoms. The van der Waals surface area contributed by atoms with Gasteiger partial charge in [-0.05, 0) is 0 Å². The second-order valence-electron chi connectivity index (χ2n) is 1.56. The van der Waals surface area contributed by atoms with E-state index in [0.29, 0.717) is 0 Å². The normalized spacial score (nSPS) is 44.3. The quantitative estimate of drug-likeness (QED) is 0.299. The maximum atomic E-state index is 11.3. The monoisotopic (exact) mass is 551 g/mol. The SMILES string of the molecule is [CH3-].[O]=[Mo]1[O][Mo]2(=[O])[O][Mo](=[O])[O][Mo](=[O])([O]1)[O]2. The molecule has 2 aliphatic heterocycles. The molecule has 0 aromatic heterocycles. The van der Waals surface area contributed by atoms with E-state index in [2.05, 4.69) is 10.2 Å². The average Bonchev–Trinajstić information content (AvgIpc) is 1.75. The molecule has 86 valence electrons. The van der Waals surface area contributed by atoms with E-state index < -0.39 is 70.4 Å². The number of fused-ring (bicyclic) bond motifs is 2. The molecule has 2 saturated heterocycles. The molecule has 2 heterocycles. The van der Waals surface area contributed by atoms with Crippen LogP contribution in [0.15, 0.2) is 0 Å². The summed E-state index contributed by atoms with van der Waals surface area (Å²) in [4.78, 5) is 0. The first kappa shape index (κ1) is 13.8. The van der Waals surface area contributed by atoms with Crippen LogP contribution in [0.2, 0.25) is 0 Å². The Morgan fingerprint density at radius 1 is 0.786 bits per heavy atom. The van der Waals surface area contributed by atoms with Gasteiger partial charge in [0.2, 0.25) is 0 Å². The summed E-state index contributed by atoms with van der Waals surface area (Å²) in [5.74, 6) is 0. The fourth-order valence-corrected chi connectivity index (χ4v) is 31.9. The predicted octanol–water partition coefficient (Wildman–Crippen LogP) is -0.377. The van der Waals surface area contributed by atoms with Gasteiger partial charge < -0.3 is 7.43 Å². The van der Waals surface area contributed by atoms with Crippen molar-refractivity contribution in [1.82, 2.24) is 0 Å². The van der Waals surface area contributed by atoms with Crippen LogP contribution in [0.3, 0.4) is 0 Å². The first-order valence-electron chi connectivity index (χ1n) is 2.33. The third kappa shape index (κ3) is 2.90. The summed E-state index contributed by atoms with van der Waals surface area (Å²) in [5.41, 5.74) is 0. The van der Waals surface area contributed by atoms with Gasteiger partial charge in [-0.25, -0.2) is 0 Å². The van der Waals surface area contributed by atoms with Gasteiger partial charge in [0.05, 0.1) is 0 Å². The van der Waals surface area contributed by atoms with Crippen LogP contribution in [0, 0.1) is 7.43 Å². The molecular formula is CH3Mo4O9-. The fraction of sp³-hybridized carbons (Fsp3) is 0. The van der Waals surface area contributed by atoms with Crippen molar-refractivity contribution in [1.29, 1.82) is 0 Å². The number of hydrogen-bond donors (Lipinski definition) is 0. The summed E-state index contributed by atoms with van der Waals surface area (Å²) in [6.45, 7) is 0. The van der Waals surface area contributed by atoms with Crippen LogP contribution >= 0.6 is 0 Å². The Balaban J connectivity index is 0.000000980. The fourth-order valence-electron chi connectivity index (χ4n) is 0.465. The van der Waals surface area contributed by atoms with E-state index in [4.69, 9.17) is 0 Å². The summed E-state index contributed by atoms with van der Waals surface area (Å²) in [5, 5.41) is 0. The molecule has 0 unspecified atom stereocenters. The second-order valence-corrected chi connectivity index (χ2v) is 19.2. The second kappa shape index (κ2) is 4.55. The van der Waals surface area contributed by atoms with Gasteiger partial charge in [-0.3, -0.25) is 0 Å². The first-order valence-corrected chi connectivity index (χ1v) is 13.8. The Labute approximate surface area is 100 Å². The van der Waals surface area contributed by atoms with E-state index >= 15 is 0 Å². The molecule has 0 amide bonds. The molecule has 2 fully saturated rings. The average molecular weight is 543 g/mol. The molecule has 0 N–H and O–H groups in total. The van der Waals surface area contributed by atoms with Crippen molar-refractivity contribution in [3.8, 4) is 0 Å². The Bertz CT molecular complexity index is 322. The molecule has 9 nitrogen and oxygen atoms in total.